The van der Waals surface area contributed by atoms with Crippen LogP contribution in [0.15, 0.2) is 12.2 Å². The quantitative estimate of drug-likeness (QED) is 0.0321. The molecule has 0 saturated heterocycles. The highest BCUT2D eigenvalue weighted by Crippen LogP contribution is 2.18. The standard InChI is InChI=1S/C61H119NO5/c1-3-5-7-9-11-13-15-17-19-20-21-22-23-26-29-33-37-41-45-49-53-59(64)58(57-63)62-60(65)54-50-46-42-38-34-30-27-24-25-28-32-36-40-44-48-52-56-67-61(66)55-51-47-43-39-35-31-18-16-14-12-10-8-6-4-2/h24,27,58-59,63-64H,3-23,25-26,28-57H2,1-2H3,(H,62,65)/b27-24-. The van der Waals surface area contributed by atoms with Gasteiger partial charge in [0.2, 0.25) is 5.91 Å². The Hall–Kier alpha value is -1.40. The van der Waals surface area contributed by atoms with E-state index in [2.05, 4.69) is 31.3 Å². The maximum Gasteiger partial charge on any atom is 0.305 e. The van der Waals surface area contributed by atoms with Gasteiger partial charge < -0.3 is 20.3 Å². The number of esters is 1. The van der Waals surface area contributed by atoms with Crippen molar-refractivity contribution in [2.75, 3.05) is 13.2 Å². The highest BCUT2D eigenvalue weighted by Gasteiger charge is 2.20. The van der Waals surface area contributed by atoms with E-state index in [1.54, 1.807) is 0 Å². The van der Waals surface area contributed by atoms with Crippen LogP contribution in [0, 0.1) is 0 Å². The van der Waals surface area contributed by atoms with Crippen LogP contribution in [0.2, 0.25) is 0 Å². The van der Waals surface area contributed by atoms with Crippen molar-refractivity contribution in [1.29, 1.82) is 0 Å². The molecule has 0 aliphatic rings. The van der Waals surface area contributed by atoms with Gasteiger partial charge in [-0.1, -0.05) is 289 Å². The molecule has 67 heavy (non-hydrogen) atoms. The van der Waals surface area contributed by atoms with Gasteiger partial charge in [-0.25, -0.2) is 0 Å². The van der Waals surface area contributed by atoms with Gasteiger partial charge in [-0.15, -0.1) is 0 Å². The molecule has 6 nitrogen and oxygen atoms in total. The van der Waals surface area contributed by atoms with Crippen LogP contribution in [-0.2, 0) is 14.3 Å². The Kier molecular flexibility index (Phi) is 56.0. The first kappa shape index (κ1) is 65.6. The van der Waals surface area contributed by atoms with Crippen molar-refractivity contribution in [2.45, 2.75) is 353 Å². The second-order valence-electron chi connectivity index (χ2n) is 21.0. The number of ether oxygens (including phenoxy) is 1. The SMILES string of the molecule is CCCCCCCCCCCCCCCCCCCCCCC(O)C(CO)NC(=O)CCCCCCC/C=C\CCCCCCCCCOC(=O)CCCCCCCCCCCCCCCC. The number of carbonyl (C=O) groups excluding carboxylic acids is 2. The van der Waals surface area contributed by atoms with E-state index in [1.165, 1.54) is 244 Å². The molecule has 3 N–H and O–H groups in total. The smallest absolute Gasteiger partial charge is 0.305 e. The fourth-order valence-electron chi connectivity index (χ4n) is 9.64. The molecule has 0 aliphatic heterocycles. The van der Waals surface area contributed by atoms with E-state index in [-0.39, 0.29) is 18.5 Å². The molecule has 0 aromatic carbocycles. The summed E-state index contributed by atoms with van der Waals surface area (Å²) in [5, 5.41) is 23.3. The lowest BCUT2D eigenvalue weighted by Gasteiger charge is -2.22. The van der Waals surface area contributed by atoms with E-state index in [0.717, 1.165) is 64.2 Å². The van der Waals surface area contributed by atoms with Crippen LogP contribution in [0.4, 0.5) is 0 Å². The van der Waals surface area contributed by atoms with Gasteiger partial charge in [0, 0.05) is 12.8 Å². The molecule has 2 unspecified atom stereocenters. The van der Waals surface area contributed by atoms with Crippen LogP contribution in [0.1, 0.15) is 341 Å². The Morgan fingerprint density at radius 2 is 0.701 bits per heavy atom. The summed E-state index contributed by atoms with van der Waals surface area (Å²) in [4.78, 5) is 24.5. The summed E-state index contributed by atoms with van der Waals surface area (Å²) in [6, 6.07) is -0.553. The second kappa shape index (κ2) is 57.2. The summed E-state index contributed by atoms with van der Waals surface area (Å²) in [6.45, 7) is 4.96. The molecule has 6 heteroatoms. The van der Waals surface area contributed by atoms with Crippen molar-refractivity contribution >= 4 is 11.9 Å². The number of rotatable bonds is 57. The number of amides is 1. The maximum absolute atomic E-state index is 12.5. The van der Waals surface area contributed by atoms with Gasteiger partial charge in [-0.3, -0.25) is 9.59 Å². The molecule has 0 bridgehead atoms. The molecule has 0 fully saturated rings. The van der Waals surface area contributed by atoms with E-state index in [9.17, 15) is 19.8 Å². The third-order valence-corrected chi connectivity index (χ3v) is 14.3. The van der Waals surface area contributed by atoms with Crippen molar-refractivity contribution in [3.05, 3.63) is 12.2 Å². The summed E-state index contributed by atoms with van der Waals surface area (Å²) in [5.74, 6) is -0.0480. The monoisotopic (exact) mass is 946 g/mol. The van der Waals surface area contributed by atoms with Crippen LogP contribution >= 0.6 is 0 Å². The summed E-state index contributed by atoms with van der Waals surface area (Å²) in [7, 11) is 0. The van der Waals surface area contributed by atoms with Crippen LogP contribution in [0.25, 0.3) is 0 Å². The number of aliphatic hydroxyl groups excluding tert-OH is 2. The number of carbonyl (C=O) groups is 2. The molecule has 2 atom stereocenters. The Bertz CT molecular complexity index is 1000. The zero-order valence-electron chi connectivity index (χ0n) is 45.4. The largest absolute Gasteiger partial charge is 0.466 e. The van der Waals surface area contributed by atoms with Gasteiger partial charge in [0.1, 0.15) is 0 Å². The minimum Gasteiger partial charge on any atom is -0.466 e. The fraction of sp³-hybridized carbons (Fsp3) is 0.934. The number of allylic oxidation sites excluding steroid dienone is 2. The number of unbranched alkanes of at least 4 members (excludes halogenated alkanes) is 44. The summed E-state index contributed by atoms with van der Waals surface area (Å²) in [5.41, 5.74) is 0. The van der Waals surface area contributed by atoms with Crippen LogP contribution in [-0.4, -0.2) is 47.4 Å². The summed E-state index contributed by atoms with van der Waals surface area (Å²) in [6.07, 6.45) is 67.8. The average Bonchev–Trinajstić information content (AvgIpc) is 3.33. The first-order valence-corrected chi connectivity index (χ1v) is 30.4. The van der Waals surface area contributed by atoms with Crippen molar-refractivity contribution in [1.82, 2.24) is 5.32 Å². The van der Waals surface area contributed by atoms with Crippen LogP contribution < -0.4 is 5.32 Å². The van der Waals surface area contributed by atoms with E-state index in [4.69, 9.17) is 4.74 Å². The zero-order chi connectivity index (χ0) is 48.6. The summed E-state index contributed by atoms with van der Waals surface area (Å²) < 4.78 is 5.47. The predicted molar refractivity (Wildman–Crippen MR) is 292 cm³/mol. The minimum atomic E-state index is -0.675. The Morgan fingerprint density at radius 3 is 1.06 bits per heavy atom. The highest BCUT2D eigenvalue weighted by molar-refractivity contribution is 5.76. The molecule has 0 heterocycles. The molecule has 398 valence electrons. The zero-order valence-corrected chi connectivity index (χ0v) is 45.4. The number of hydrogen-bond donors (Lipinski definition) is 3. The molecular weight excluding hydrogens is 827 g/mol. The Morgan fingerprint density at radius 1 is 0.403 bits per heavy atom. The molecule has 0 saturated carbocycles. The summed E-state index contributed by atoms with van der Waals surface area (Å²) >= 11 is 0. The van der Waals surface area contributed by atoms with Crippen molar-refractivity contribution in [2.24, 2.45) is 0 Å². The molecular formula is C61H119NO5. The maximum atomic E-state index is 12.5. The number of hydrogen-bond acceptors (Lipinski definition) is 5. The second-order valence-corrected chi connectivity index (χ2v) is 21.0. The molecule has 0 aliphatic carbocycles. The van der Waals surface area contributed by atoms with Crippen LogP contribution in [0.3, 0.4) is 0 Å². The lowest BCUT2D eigenvalue weighted by atomic mass is 10.0. The molecule has 0 aromatic rings. The molecule has 1 amide bonds. The van der Waals surface area contributed by atoms with Gasteiger partial charge >= 0.3 is 5.97 Å². The van der Waals surface area contributed by atoms with E-state index in [1.807, 2.05) is 0 Å². The minimum absolute atomic E-state index is 0.000373. The first-order valence-electron chi connectivity index (χ1n) is 30.4. The van der Waals surface area contributed by atoms with Gasteiger partial charge in [0.05, 0.1) is 25.4 Å². The average molecular weight is 947 g/mol. The van der Waals surface area contributed by atoms with Gasteiger partial charge in [-0.2, -0.15) is 0 Å². The van der Waals surface area contributed by atoms with Crippen LogP contribution in [0.5, 0.6) is 0 Å². The van der Waals surface area contributed by atoms with Crippen molar-refractivity contribution < 1.29 is 24.5 Å². The van der Waals surface area contributed by atoms with E-state index >= 15 is 0 Å². The fourth-order valence-corrected chi connectivity index (χ4v) is 9.64. The number of aliphatic hydroxyl groups is 2. The van der Waals surface area contributed by atoms with Gasteiger partial charge in [-0.05, 0) is 51.4 Å². The lowest BCUT2D eigenvalue weighted by molar-refractivity contribution is -0.143. The first-order chi connectivity index (χ1) is 33.0. The molecule has 0 aromatic heterocycles. The van der Waals surface area contributed by atoms with E-state index in [0.29, 0.717) is 25.9 Å². The molecule has 0 rings (SSSR count). The van der Waals surface area contributed by atoms with Crippen molar-refractivity contribution in [3.8, 4) is 0 Å². The highest BCUT2D eigenvalue weighted by atomic mass is 16.5. The van der Waals surface area contributed by atoms with Crippen molar-refractivity contribution in [3.63, 3.8) is 0 Å². The topological polar surface area (TPSA) is 95.9 Å². The lowest BCUT2D eigenvalue weighted by Crippen LogP contribution is -2.45. The Labute approximate surface area is 419 Å². The van der Waals surface area contributed by atoms with Gasteiger partial charge in [0.15, 0.2) is 0 Å². The number of nitrogens with one attached hydrogen (secondary N) is 1. The molecule has 0 radical (unpaired) electrons. The van der Waals surface area contributed by atoms with E-state index < -0.39 is 12.1 Å². The van der Waals surface area contributed by atoms with Gasteiger partial charge in [0.25, 0.3) is 0 Å². The normalized spacial score (nSPS) is 12.6. The molecule has 0 spiro atoms. The third kappa shape index (κ3) is 53.8. The third-order valence-electron chi connectivity index (χ3n) is 14.3. The predicted octanol–water partition coefficient (Wildman–Crippen LogP) is 18.9. The Balaban J connectivity index is 3.45.